The summed E-state index contributed by atoms with van der Waals surface area (Å²) in [6.45, 7) is 2.96. The van der Waals surface area contributed by atoms with Crippen LogP contribution in [0.5, 0.6) is 0 Å². The molecule has 6 rings (SSSR count). The molecule has 0 bridgehead atoms. The number of halogens is 3. The average molecular weight is 620 g/mol. The van der Waals surface area contributed by atoms with Crippen molar-refractivity contribution in [1.29, 1.82) is 0 Å². The van der Waals surface area contributed by atoms with E-state index in [0.717, 1.165) is 18.5 Å². The largest absolute Gasteiger partial charge is 0.437 e. The summed E-state index contributed by atoms with van der Waals surface area (Å²) in [5, 5.41) is 5.33. The van der Waals surface area contributed by atoms with Crippen LogP contribution in [0.1, 0.15) is 40.6 Å². The first-order valence-electron chi connectivity index (χ1n) is 14.8. The fourth-order valence-electron chi connectivity index (χ4n) is 5.62. The first-order chi connectivity index (χ1) is 21.7. The summed E-state index contributed by atoms with van der Waals surface area (Å²) in [6, 6.07) is 22.0. The molecule has 234 valence electrons. The van der Waals surface area contributed by atoms with Crippen molar-refractivity contribution in [2.75, 3.05) is 59.7 Å². The molecule has 3 amide bonds. The molecule has 13 heteroatoms. The van der Waals surface area contributed by atoms with Gasteiger partial charge in [-0.2, -0.15) is 18.2 Å². The first kappa shape index (κ1) is 30.0. The maximum Gasteiger partial charge on any atom is 0.437 e. The second-order valence-electron chi connectivity index (χ2n) is 11.0. The van der Waals surface area contributed by atoms with E-state index in [2.05, 4.69) is 20.6 Å². The molecule has 2 saturated heterocycles. The van der Waals surface area contributed by atoms with E-state index in [1.54, 1.807) is 21.9 Å². The lowest BCUT2D eigenvalue weighted by Crippen LogP contribution is -2.50. The van der Waals surface area contributed by atoms with Crippen LogP contribution in [-0.4, -0.2) is 66.1 Å². The number of piperidine rings is 1. The molecular weight excluding hydrogens is 587 g/mol. The third-order valence-corrected chi connectivity index (χ3v) is 8.05. The van der Waals surface area contributed by atoms with E-state index < -0.39 is 23.5 Å². The number of para-hydroxylation sites is 1. The molecule has 4 aromatic rings. The number of benzene rings is 2. The second kappa shape index (κ2) is 12.9. The molecule has 0 radical (unpaired) electrons. The molecule has 2 aromatic heterocycles. The Kier molecular flexibility index (Phi) is 8.58. The summed E-state index contributed by atoms with van der Waals surface area (Å²) in [4.78, 5) is 39.0. The highest BCUT2D eigenvalue weighted by Crippen LogP contribution is 2.36. The molecule has 2 fully saturated rings. The number of oxazole rings is 1. The average Bonchev–Trinajstić information content (AvgIpc) is 3.53. The van der Waals surface area contributed by atoms with Crippen LogP contribution in [0.15, 0.2) is 83.4 Å². The van der Waals surface area contributed by atoms with Gasteiger partial charge in [-0.25, -0.2) is 9.78 Å². The Labute approximate surface area is 257 Å². The molecule has 10 nitrogen and oxygen atoms in total. The van der Waals surface area contributed by atoms with Crippen molar-refractivity contribution in [3.05, 3.63) is 96.0 Å². The highest BCUT2D eigenvalue weighted by molar-refractivity contribution is 6.03. The van der Waals surface area contributed by atoms with Gasteiger partial charge < -0.3 is 29.8 Å². The maximum atomic E-state index is 13.9. The minimum Gasteiger partial charge on any atom is -0.417 e. The first-order valence-corrected chi connectivity index (χ1v) is 14.8. The molecule has 2 aliphatic rings. The number of aromatic nitrogens is 2. The van der Waals surface area contributed by atoms with Crippen molar-refractivity contribution < 1.29 is 27.2 Å². The van der Waals surface area contributed by atoms with Crippen LogP contribution in [0, 0.1) is 0 Å². The normalized spacial score (nSPS) is 16.0. The molecule has 0 saturated carbocycles. The monoisotopic (exact) mass is 619 g/mol. The zero-order chi connectivity index (χ0) is 31.4. The summed E-state index contributed by atoms with van der Waals surface area (Å²) >= 11 is 0. The number of piperazine rings is 1. The number of rotatable bonds is 6. The van der Waals surface area contributed by atoms with Crippen LogP contribution < -0.4 is 20.4 Å². The molecule has 0 spiro atoms. The summed E-state index contributed by atoms with van der Waals surface area (Å²) in [5.41, 5.74) is 0.753. The number of hydrogen-bond donors (Lipinski definition) is 2. The predicted molar refractivity (Wildman–Crippen MR) is 164 cm³/mol. The van der Waals surface area contributed by atoms with Gasteiger partial charge >= 0.3 is 12.2 Å². The lowest BCUT2D eigenvalue weighted by molar-refractivity contribution is -0.141. The van der Waals surface area contributed by atoms with E-state index in [-0.39, 0.29) is 17.7 Å². The van der Waals surface area contributed by atoms with Crippen molar-refractivity contribution in [1.82, 2.24) is 14.9 Å². The summed E-state index contributed by atoms with van der Waals surface area (Å²) in [5.74, 6) is -1.04. The Hall–Kier alpha value is -5.07. The SMILES string of the molecule is O=C(Nc1ccc(N2CCN(C(=O)Nc3ccccc3)CC2)nc1)c1oc(N2CCC(c3ccccc3)CC2)nc1C(F)(F)F. The lowest BCUT2D eigenvalue weighted by Gasteiger charge is -2.35. The Morgan fingerprint density at radius 3 is 2.07 bits per heavy atom. The number of carbonyl (C=O) groups is 2. The molecule has 45 heavy (non-hydrogen) atoms. The van der Waals surface area contributed by atoms with E-state index in [4.69, 9.17) is 4.42 Å². The minimum atomic E-state index is -4.88. The maximum absolute atomic E-state index is 13.9. The van der Waals surface area contributed by atoms with Crippen LogP contribution >= 0.6 is 0 Å². The number of amides is 3. The van der Waals surface area contributed by atoms with Crippen LogP contribution in [0.3, 0.4) is 0 Å². The van der Waals surface area contributed by atoms with Gasteiger partial charge in [0.2, 0.25) is 5.76 Å². The fourth-order valence-corrected chi connectivity index (χ4v) is 5.62. The Morgan fingerprint density at radius 2 is 1.44 bits per heavy atom. The minimum absolute atomic E-state index is 0.183. The van der Waals surface area contributed by atoms with Crippen LogP contribution in [0.25, 0.3) is 0 Å². The summed E-state index contributed by atoms with van der Waals surface area (Å²) in [6.07, 6.45) is -2.05. The predicted octanol–water partition coefficient (Wildman–Crippen LogP) is 6.08. The Morgan fingerprint density at radius 1 is 0.778 bits per heavy atom. The van der Waals surface area contributed by atoms with Crippen molar-refractivity contribution >= 4 is 35.1 Å². The van der Waals surface area contributed by atoms with E-state index in [1.165, 1.54) is 11.8 Å². The number of nitrogens with one attached hydrogen (secondary N) is 2. The van der Waals surface area contributed by atoms with E-state index in [9.17, 15) is 22.8 Å². The Bertz CT molecular complexity index is 1600. The highest BCUT2D eigenvalue weighted by atomic mass is 19.4. The highest BCUT2D eigenvalue weighted by Gasteiger charge is 2.42. The molecule has 4 heterocycles. The lowest BCUT2D eigenvalue weighted by atomic mass is 9.90. The number of hydrogen-bond acceptors (Lipinski definition) is 7. The zero-order valence-electron chi connectivity index (χ0n) is 24.3. The summed E-state index contributed by atoms with van der Waals surface area (Å²) in [7, 11) is 0. The Balaban J connectivity index is 1.06. The van der Waals surface area contributed by atoms with Gasteiger partial charge in [0, 0.05) is 45.0 Å². The molecular formula is C32H32F3N7O3. The molecule has 2 aliphatic heterocycles. The van der Waals surface area contributed by atoms with Gasteiger partial charge in [0.15, 0.2) is 5.69 Å². The molecule has 0 aliphatic carbocycles. The molecule has 2 N–H and O–H groups in total. The van der Waals surface area contributed by atoms with E-state index in [0.29, 0.717) is 51.0 Å². The third-order valence-electron chi connectivity index (χ3n) is 8.05. The van der Waals surface area contributed by atoms with Gasteiger partial charge in [-0.3, -0.25) is 4.79 Å². The van der Waals surface area contributed by atoms with Crippen LogP contribution in [0.4, 0.5) is 41.2 Å². The number of pyridine rings is 1. The quantitative estimate of drug-likeness (QED) is 0.270. The van der Waals surface area contributed by atoms with Gasteiger partial charge in [-0.1, -0.05) is 48.5 Å². The molecule has 0 unspecified atom stereocenters. The van der Waals surface area contributed by atoms with Crippen LogP contribution in [-0.2, 0) is 6.18 Å². The number of anilines is 4. The van der Waals surface area contributed by atoms with Crippen molar-refractivity contribution in [3.8, 4) is 0 Å². The number of alkyl halides is 3. The second-order valence-corrected chi connectivity index (χ2v) is 11.0. The number of carbonyl (C=O) groups excluding carboxylic acids is 2. The zero-order valence-corrected chi connectivity index (χ0v) is 24.3. The summed E-state index contributed by atoms with van der Waals surface area (Å²) < 4.78 is 47.1. The fraction of sp³-hybridized carbons (Fsp3) is 0.312. The topological polar surface area (TPSA) is 107 Å². The molecule has 2 aromatic carbocycles. The number of urea groups is 1. The van der Waals surface area contributed by atoms with Gasteiger partial charge in [-0.05, 0) is 48.6 Å². The van der Waals surface area contributed by atoms with Crippen LogP contribution in [0.2, 0.25) is 0 Å². The standard InChI is InChI=1S/C32H32F3N7O3/c33-32(34,35)28-27(45-31(39-28)42-15-13-23(14-16-42)22-7-3-1-4-8-22)29(43)37-25-11-12-26(36-21-25)40-17-19-41(20-18-40)30(44)38-24-9-5-2-6-10-24/h1-12,21,23H,13-20H2,(H,37,43)(H,38,44). The van der Waals surface area contributed by atoms with Crippen molar-refractivity contribution in [2.24, 2.45) is 0 Å². The van der Waals surface area contributed by atoms with E-state index in [1.807, 2.05) is 65.6 Å². The number of nitrogens with zero attached hydrogens (tertiary/aromatic N) is 5. The van der Waals surface area contributed by atoms with E-state index >= 15 is 0 Å². The third kappa shape index (κ3) is 7.03. The van der Waals surface area contributed by atoms with Crippen molar-refractivity contribution in [3.63, 3.8) is 0 Å². The van der Waals surface area contributed by atoms with Crippen molar-refractivity contribution in [2.45, 2.75) is 24.9 Å². The van der Waals surface area contributed by atoms with Gasteiger partial charge in [-0.15, -0.1) is 0 Å². The van der Waals surface area contributed by atoms with Gasteiger partial charge in [0.25, 0.3) is 11.9 Å². The van der Waals surface area contributed by atoms with Gasteiger partial charge in [0.05, 0.1) is 11.9 Å². The van der Waals surface area contributed by atoms with Gasteiger partial charge in [0.1, 0.15) is 5.82 Å². The molecule has 0 atom stereocenters. The smallest absolute Gasteiger partial charge is 0.417 e.